The Kier molecular flexibility index (Phi) is 7.12. The number of hydrogen-bond donors (Lipinski definition) is 2. The van der Waals surface area contributed by atoms with Gasteiger partial charge in [0.25, 0.3) is 0 Å². The van der Waals surface area contributed by atoms with Gasteiger partial charge in [0, 0.05) is 19.6 Å². The summed E-state index contributed by atoms with van der Waals surface area (Å²) >= 11 is 0. The summed E-state index contributed by atoms with van der Waals surface area (Å²) in [7, 11) is 0. The van der Waals surface area contributed by atoms with E-state index in [0.29, 0.717) is 5.92 Å². The summed E-state index contributed by atoms with van der Waals surface area (Å²) in [6.07, 6.45) is 5.94. The summed E-state index contributed by atoms with van der Waals surface area (Å²) in [5, 5.41) is 6.27. The predicted octanol–water partition coefficient (Wildman–Crippen LogP) is 2.94. The van der Waals surface area contributed by atoms with Gasteiger partial charge < -0.3 is 15.4 Å². The Labute approximate surface area is 151 Å². The maximum Gasteiger partial charge on any atom is 0.315 e. The molecule has 1 aromatic rings. The maximum atomic E-state index is 12.4. The fourth-order valence-electron chi connectivity index (χ4n) is 3.95. The lowest BCUT2D eigenvalue weighted by Gasteiger charge is -2.27. The second-order valence-electron chi connectivity index (χ2n) is 7.14. The largest absolute Gasteiger partial charge is 0.379 e. The molecular weight excluding hydrogens is 314 g/mol. The quantitative estimate of drug-likeness (QED) is 0.747. The average Bonchev–Trinajstić information content (AvgIpc) is 3.19. The van der Waals surface area contributed by atoms with Gasteiger partial charge in [0.15, 0.2) is 0 Å². The zero-order valence-corrected chi connectivity index (χ0v) is 15.1. The highest BCUT2D eigenvalue weighted by Gasteiger charge is 2.27. The average molecular weight is 345 g/mol. The molecule has 0 radical (unpaired) electrons. The normalized spacial score (nSPS) is 20.3. The number of hydrogen-bond acceptors (Lipinski definition) is 3. The Bertz CT molecular complexity index is 511. The molecule has 5 heteroatoms. The molecule has 2 aliphatic rings. The van der Waals surface area contributed by atoms with E-state index < -0.39 is 0 Å². The predicted molar refractivity (Wildman–Crippen MR) is 99.6 cm³/mol. The van der Waals surface area contributed by atoms with Crippen molar-refractivity contribution in [2.45, 2.75) is 38.1 Å². The van der Waals surface area contributed by atoms with Crippen LogP contribution in [0.4, 0.5) is 4.79 Å². The van der Waals surface area contributed by atoms with Crippen molar-refractivity contribution in [3.63, 3.8) is 0 Å². The summed E-state index contributed by atoms with van der Waals surface area (Å²) in [6.45, 7) is 5.40. The minimum Gasteiger partial charge on any atom is -0.379 e. The van der Waals surface area contributed by atoms with Crippen LogP contribution in [0.15, 0.2) is 30.3 Å². The molecule has 1 aromatic carbocycles. The van der Waals surface area contributed by atoms with Crippen LogP contribution in [0.3, 0.4) is 0 Å². The van der Waals surface area contributed by atoms with Crippen LogP contribution < -0.4 is 10.6 Å². The molecule has 2 amide bonds. The van der Waals surface area contributed by atoms with E-state index in [9.17, 15) is 4.79 Å². The molecule has 1 atom stereocenters. The van der Waals surface area contributed by atoms with E-state index >= 15 is 0 Å². The third-order valence-electron chi connectivity index (χ3n) is 5.36. The lowest BCUT2D eigenvalue weighted by molar-refractivity contribution is 0.0375. The smallest absolute Gasteiger partial charge is 0.315 e. The topological polar surface area (TPSA) is 53.6 Å². The number of benzene rings is 1. The molecule has 0 spiro atoms. The van der Waals surface area contributed by atoms with Crippen LogP contribution in [0, 0.1) is 5.92 Å². The molecule has 0 aromatic heterocycles. The van der Waals surface area contributed by atoms with Crippen LogP contribution in [-0.4, -0.2) is 50.3 Å². The Morgan fingerprint density at radius 3 is 2.60 bits per heavy atom. The van der Waals surface area contributed by atoms with Crippen LogP contribution in [0.25, 0.3) is 0 Å². The SMILES string of the molecule is O=C(NCCCN1CCOCC1)NC(c1ccccc1)C1CCCC1. The van der Waals surface area contributed by atoms with Gasteiger partial charge in [-0.05, 0) is 37.3 Å². The van der Waals surface area contributed by atoms with E-state index in [1.54, 1.807) is 0 Å². The highest BCUT2D eigenvalue weighted by molar-refractivity contribution is 5.74. The standard InChI is InChI=1S/C20H31N3O2/c24-20(21-11-6-12-23-13-15-25-16-14-23)22-19(18-9-4-5-10-18)17-7-2-1-3-8-17/h1-3,7-8,18-19H,4-6,9-16H2,(H2,21,22,24). The highest BCUT2D eigenvalue weighted by Crippen LogP contribution is 2.35. The molecule has 1 saturated heterocycles. The maximum absolute atomic E-state index is 12.4. The molecule has 138 valence electrons. The van der Waals surface area contributed by atoms with Gasteiger partial charge in [0.1, 0.15) is 0 Å². The summed E-state index contributed by atoms with van der Waals surface area (Å²) in [5.74, 6) is 0.557. The second kappa shape index (κ2) is 9.78. The Balaban J connectivity index is 1.43. The van der Waals surface area contributed by atoms with Gasteiger partial charge in [-0.3, -0.25) is 4.90 Å². The molecule has 1 saturated carbocycles. The Hall–Kier alpha value is -1.59. The molecule has 1 aliphatic heterocycles. The lowest BCUT2D eigenvalue weighted by atomic mass is 9.92. The first-order valence-corrected chi connectivity index (χ1v) is 9.72. The van der Waals surface area contributed by atoms with Crippen LogP contribution in [0.2, 0.25) is 0 Å². The van der Waals surface area contributed by atoms with Gasteiger partial charge in [-0.25, -0.2) is 4.79 Å². The van der Waals surface area contributed by atoms with Crippen LogP contribution in [-0.2, 0) is 4.74 Å². The van der Waals surface area contributed by atoms with Crippen molar-refractivity contribution in [2.24, 2.45) is 5.92 Å². The van der Waals surface area contributed by atoms with Crippen molar-refractivity contribution >= 4 is 6.03 Å². The zero-order valence-electron chi connectivity index (χ0n) is 15.1. The molecule has 2 fully saturated rings. The van der Waals surface area contributed by atoms with E-state index in [1.165, 1.54) is 31.2 Å². The summed E-state index contributed by atoms with van der Waals surface area (Å²) in [5.41, 5.74) is 1.22. The van der Waals surface area contributed by atoms with E-state index in [0.717, 1.165) is 45.8 Å². The molecule has 2 N–H and O–H groups in total. The number of ether oxygens (including phenoxy) is 1. The first-order chi connectivity index (χ1) is 12.3. The number of urea groups is 1. The molecule has 1 heterocycles. The highest BCUT2D eigenvalue weighted by atomic mass is 16.5. The number of carbonyl (C=O) groups is 1. The van der Waals surface area contributed by atoms with Gasteiger partial charge in [0.05, 0.1) is 19.3 Å². The second-order valence-corrected chi connectivity index (χ2v) is 7.14. The third kappa shape index (κ3) is 5.72. The van der Waals surface area contributed by atoms with E-state index in [2.05, 4.69) is 39.8 Å². The fourth-order valence-corrected chi connectivity index (χ4v) is 3.95. The monoisotopic (exact) mass is 345 g/mol. The molecule has 1 aliphatic carbocycles. The molecule has 3 rings (SSSR count). The van der Waals surface area contributed by atoms with Crippen molar-refractivity contribution in [3.05, 3.63) is 35.9 Å². The first kappa shape index (κ1) is 18.2. The van der Waals surface area contributed by atoms with Crippen molar-refractivity contribution < 1.29 is 9.53 Å². The number of amides is 2. The van der Waals surface area contributed by atoms with Crippen molar-refractivity contribution in [2.75, 3.05) is 39.4 Å². The van der Waals surface area contributed by atoms with Crippen LogP contribution >= 0.6 is 0 Å². The summed E-state index contributed by atoms with van der Waals surface area (Å²) in [6, 6.07) is 10.5. The minimum absolute atomic E-state index is 0.0391. The molecule has 25 heavy (non-hydrogen) atoms. The third-order valence-corrected chi connectivity index (χ3v) is 5.36. The molecular formula is C20H31N3O2. The van der Waals surface area contributed by atoms with Gasteiger partial charge >= 0.3 is 6.03 Å². The number of carbonyl (C=O) groups excluding carboxylic acids is 1. The van der Waals surface area contributed by atoms with Crippen LogP contribution in [0.5, 0.6) is 0 Å². The van der Waals surface area contributed by atoms with Crippen molar-refractivity contribution in [1.82, 2.24) is 15.5 Å². The number of morpholine rings is 1. The Morgan fingerprint density at radius 1 is 1.16 bits per heavy atom. The number of rotatable bonds is 7. The van der Waals surface area contributed by atoms with Gasteiger partial charge in [-0.15, -0.1) is 0 Å². The zero-order chi connectivity index (χ0) is 17.3. The van der Waals surface area contributed by atoms with E-state index in [-0.39, 0.29) is 12.1 Å². The van der Waals surface area contributed by atoms with E-state index in [1.807, 2.05) is 6.07 Å². The van der Waals surface area contributed by atoms with Crippen LogP contribution in [0.1, 0.15) is 43.7 Å². The molecule has 0 bridgehead atoms. The Morgan fingerprint density at radius 2 is 1.88 bits per heavy atom. The van der Waals surface area contributed by atoms with Crippen molar-refractivity contribution in [3.8, 4) is 0 Å². The van der Waals surface area contributed by atoms with E-state index in [4.69, 9.17) is 4.74 Å². The number of nitrogens with one attached hydrogen (secondary N) is 2. The van der Waals surface area contributed by atoms with Gasteiger partial charge in [0.2, 0.25) is 0 Å². The summed E-state index contributed by atoms with van der Waals surface area (Å²) < 4.78 is 5.36. The van der Waals surface area contributed by atoms with Crippen molar-refractivity contribution in [1.29, 1.82) is 0 Å². The molecule has 5 nitrogen and oxygen atoms in total. The first-order valence-electron chi connectivity index (χ1n) is 9.72. The van der Waals surface area contributed by atoms with Gasteiger partial charge in [-0.2, -0.15) is 0 Å². The minimum atomic E-state index is -0.0391. The summed E-state index contributed by atoms with van der Waals surface area (Å²) in [4.78, 5) is 14.8. The lowest BCUT2D eigenvalue weighted by Crippen LogP contribution is -2.42. The fraction of sp³-hybridized carbons (Fsp3) is 0.650. The molecule has 1 unspecified atom stereocenters. The number of nitrogens with zero attached hydrogens (tertiary/aromatic N) is 1. The van der Waals surface area contributed by atoms with Gasteiger partial charge in [-0.1, -0.05) is 43.2 Å².